The van der Waals surface area contributed by atoms with Gasteiger partial charge in [-0.15, -0.1) is 10.2 Å². The van der Waals surface area contributed by atoms with E-state index in [0.717, 1.165) is 5.75 Å². The minimum atomic E-state index is -0.296. The number of hydrogen-bond acceptors (Lipinski definition) is 7. The summed E-state index contributed by atoms with van der Waals surface area (Å²) in [6.07, 6.45) is 0.659. The summed E-state index contributed by atoms with van der Waals surface area (Å²) in [5.74, 6) is 1.86. The molecule has 0 aliphatic carbocycles. The predicted molar refractivity (Wildman–Crippen MR) is 94.9 cm³/mol. The van der Waals surface area contributed by atoms with Crippen molar-refractivity contribution >= 4 is 17.7 Å². The minimum absolute atomic E-state index is 0.229. The Bertz CT molecular complexity index is 705. The minimum Gasteiger partial charge on any atom is -0.497 e. The van der Waals surface area contributed by atoms with E-state index in [1.54, 1.807) is 20.1 Å². The molecule has 8 heteroatoms. The molecule has 0 bridgehead atoms. The summed E-state index contributed by atoms with van der Waals surface area (Å²) < 4.78 is 17.8. The summed E-state index contributed by atoms with van der Waals surface area (Å²) in [4.78, 5) is 11.9. The quantitative estimate of drug-likeness (QED) is 0.499. The summed E-state index contributed by atoms with van der Waals surface area (Å²) in [6.45, 7) is 4.38. The molecular formula is C17H23N3O4S. The molecule has 0 fully saturated rings. The molecule has 2 rings (SSSR count). The van der Waals surface area contributed by atoms with E-state index in [1.165, 1.54) is 11.8 Å². The van der Waals surface area contributed by atoms with Gasteiger partial charge in [-0.1, -0.05) is 24.8 Å². The summed E-state index contributed by atoms with van der Waals surface area (Å²) in [5.41, 5.74) is 0. The molecule has 1 atom stereocenters. The molecule has 2 aromatic rings. The average molecular weight is 365 g/mol. The summed E-state index contributed by atoms with van der Waals surface area (Å²) in [6, 6.07) is 7.36. The predicted octanol–water partition coefficient (Wildman–Crippen LogP) is 2.84. The highest BCUT2D eigenvalue weighted by Crippen LogP contribution is 2.25. The highest BCUT2D eigenvalue weighted by Gasteiger charge is 2.22. The maximum Gasteiger partial charge on any atom is 0.319 e. The van der Waals surface area contributed by atoms with Gasteiger partial charge in [-0.2, -0.15) is 0 Å². The van der Waals surface area contributed by atoms with Crippen molar-refractivity contribution in [2.45, 2.75) is 37.3 Å². The molecule has 0 aliphatic heterocycles. The zero-order valence-electron chi connectivity index (χ0n) is 14.9. The first-order chi connectivity index (χ1) is 12.1. The molecule has 0 aliphatic rings. The molecule has 0 radical (unpaired) electrons. The Hall–Kier alpha value is -2.22. The molecule has 1 heterocycles. The van der Waals surface area contributed by atoms with Crippen molar-refractivity contribution in [3.8, 4) is 11.5 Å². The Balaban J connectivity index is 2.01. The number of nitrogens with zero attached hydrogens (tertiary/aromatic N) is 3. The van der Waals surface area contributed by atoms with Crippen LogP contribution in [0.5, 0.6) is 11.5 Å². The monoisotopic (exact) mass is 365 g/mol. The lowest BCUT2D eigenvalue weighted by molar-refractivity contribution is -0.142. The van der Waals surface area contributed by atoms with Crippen molar-refractivity contribution in [2.24, 2.45) is 7.05 Å². The third-order valence-electron chi connectivity index (χ3n) is 3.50. The molecule has 0 saturated carbocycles. The largest absolute Gasteiger partial charge is 0.497 e. The first-order valence-electron chi connectivity index (χ1n) is 8.07. The molecule has 0 amide bonds. The van der Waals surface area contributed by atoms with E-state index in [-0.39, 0.29) is 17.8 Å². The van der Waals surface area contributed by atoms with Crippen molar-refractivity contribution in [3.05, 3.63) is 30.1 Å². The molecule has 0 unspecified atom stereocenters. The number of hydrogen-bond donors (Lipinski definition) is 0. The molecule has 0 N–H and O–H groups in total. The third kappa shape index (κ3) is 5.12. The van der Waals surface area contributed by atoms with Crippen LogP contribution >= 0.6 is 11.8 Å². The zero-order chi connectivity index (χ0) is 18.2. The second kappa shape index (κ2) is 9.31. The molecule has 136 valence electrons. The Morgan fingerprint density at radius 1 is 1.28 bits per heavy atom. The smallest absolute Gasteiger partial charge is 0.319 e. The van der Waals surface area contributed by atoms with Gasteiger partial charge < -0.3 is 18.8 Å². The summed E-state index contributed by atoms with van der Waals surface area (Å²) in [7, 11) is 3.46. The van der Waals surface area contributed by atoms with Crippen molar-refractivity contribution in [1.82, 2.24) is 14.8 Å². The molecule has 7 nitrogen and oxygen atoms in total. The highest BCUT2D eigenvalue weighted by molar-refractivity contribution is 8.00. The van der Waals surface area contributed by atoms with Crippen LogP contribution in [0.15, 0.2) is 29.4 Å². The topological polar surface area (TPSA) is 75.5 Å². The number of benzene rings is 1. The Morgan fingerprint density at radius 2 is 2.04 bits per heavy atom. The summed E-state index contributed by atoms with van der Waals surface area (Å²) in [5, 5.41) is 8.67. The SMILES string of the molecule is CCOC(=O)[C@H](CC)Sc1nnc(COc2cccc(OC)c2)n1C. The first kappa shape index (κ1) is 19.1. The van der Waals surface area contributed by atoms with Crippen molar-refractivity contribution in [1.29, 1.82) is 0 Å². The van der Waals surface area contributed by atoms with Gasteiger partial charge in [-0.3, -0.25) is 4.79 Å². The number of rotatable bonds is 9. The maximum atomic E-state index is 11.9. The van der Waals surface area contributed by atoms with Crippen LogP contribution in [0.25, 0.3) is 0 Å². The highest BCUT2D eigenvalue weighted by atomic mass is 32.2. The average Bonchev–Trinajstić information content (AvgIpc) is 2.98. The fourth-order valence-electron chi connectivity index (χ4n) is 2.07. The van der Waals surface area contributed by atoms with E-state index in [0.29, 0.717) is 29.8 Å². The second-order valence-corrected chi connectivity index (χ2v) is 6.36. The number of carbonyl (C=O) groups is 1. The number of aromatic nitrogens is 3. The van der Waals surface area contributed by atoms with Crippen LogP contribution in [0, 0.1) is 0 Å². The third-order valence-corrected chi connectivity index (χ3v) is 4.88. The lowest BCUT2D eigenvalue weighted by Gasteiger charge is -2.12. The molecule has 25 heavy (non-hydrogen) atoms. The van der Waals surface area contributed by atoms with Gasteiger partial charge in [0.1, 0.15) is 23.4 Å². The molecule has 0 saturated heterocycles. The Morgan fingerprint density at radius 3 is 2.72 bits per heavy atom. The van der Waals surface area contributed by atoms with Gasteiger partial charge >= 0.3 is 5.97 Å². The maximum absolute atomic E-state index is 11.9. The van der Waals surface area contributed by atoms with Gasteiger partial charge in [-0.05, 0) is 25.5 Å². The van der Waals surface area contributed by atoms with E-state index in [4.69, 9.17) is 14.2 Å². The van der Waals surface area contributed by atoms with Crippen LogP contribution in [0.4, 0.5) is 0 Å². The van der Waals surface area contributed by atoms with Gasteiger partial charge in [0.25, 0.3) is 0 Å². The number of carbonyl (C=O) groups excluding carboxylic acids is 1. The normalized spacial score (nSPS) is 11.8. The molecule has 1 aromatic carbocycles. The van der Waals surface area contributed by atoms with Crippen LogP contribution < -0.4 is 9.47 Å². The number of esters is 1. The fourth-order valence-corrected chi connectivity index (χ4v) is 3.01. The van der Waals surface area contributed by atoms with E-state index >= 15 is 0 Å². The standard InChI is InChI=1S/C17H23N3O4S/c1-5-14(16(21)23-6-2)25-17-19-18-15(20(17)3)11-24-13-9-7-8-12(10-13)22-4/h7-10,14H,5-6,11H2,1-4H3/t14-/m0/s1. The van der Waals surface area contributed by atoms with Crippen LogP contribution in [-0.4, -0.2) is 39.7 Å². The van der Waals surface area contributed by atoms with Crippen molar-refractivity contribution in [3.63, 3.8) is 0 Å². The lowest BCUT2D eigenvalue weighted by Crippen LogP contribution is -2.20. The van der Waals surface area contributed by atoms with Gasteiger partial charge in [0.05, 0.1) is 13.7 Å². The van der Waals surface area contributed by atoms with Gasteiger partial charge in [0.2, 0.25) is 0 Å². The molecule has 0 spiro atoms. The fraction of sp³-hybridized carbons (Fsp3) is 0.471. The van der Waals surface area contributed by atoms with Gasteiger partial charge in [0, 0.05) is 13.1 Å². The zero-order valence-corrected chi connectivity index (χ0v) is 15.7. The van der Waals surface area contributed by atoms with E-state index in [2.05, 4.69) is 10.2 Å². The van der Waals surface area contributed by atoms with Gasteiger partial charge in [-0.25, -0.2) is 0 Å². The Labute approximate surface area is 151 Å². The number of methoxy groups -OCH3 is 1. The second-order valence-electron chi connectivity index (χ2n) is 5.19. The van der Waals surface area contributed by atoms with E-state index < -0.39 is 0 Å². The number of thioether (sulfide) groups is 1. The van der Waals surface area contributed by atoms with E-state index in [1.807, 2.05) is 36.7 Å². The molecule has 1 aromatic heterocycles. The number of ether oxygens (including phenoxy) is 3. The summed E-state index contributed by atoms with van der Waals surface area (Å²) >= 11 is 1.35. The molecular weight excluding hydrogens is 342 g/mol. The van der Waals surface area contributed by atoms with Crippen molar-refractivity contribution < 1.29 is 19.0 Å². The first-order valence-corrected chi connectivity index (χ1v) is 8.95. The van der Waals surface area contributed by atoms with E-state index in [9.17, 15) is 4.79 Å². The van der Waals surface area contributed by atoms with Crippen molar-refractivity contribution in [2.75, 3.05) is 13.7 Å². The van der Waals surface area contributed by atoms with Gasteiger partial charge in [0.15, 0.2) is 11.0 Å². The van der Waals surface area contributed by atoms with Crippen LogP contribution in [0.1, 0.15) is 26.1 Å². The Kier molecular flexibility index (Phi) is 7.12. The van der Waals surface area contributed by atoms with Crippen LogP contribution in [0.3, 0.4) is 0 Å². The van der Waals surface area contributed by atoms with Crippen LogP contribution in [0.2, 0.25) is 0 Å². The van der Waals surface area contributed by atoms with Crippen LogP contribution in [-0.2, 0) is 23.2 Å². The lowest BCUT2D eigenvalue weighted by atomic mass is 10.3.